The zero-order chi connectivity index (χ0) is 15.0. The third kappa shape index (κ3) is 2.61. The van der Waals surface area contributed by atoms with Gasteiger partial charge in [-0.05, 0) is 18.7 Å². The number of carbonyl (C=O) groups excluding carboxylic acids is 1. The number of carbonyl (C=O) groups is 1. The van der Waals surface area contributed by atoms with Crippen molar-refractivity contribution in [2.24, 2.45) is 0 Å². The summed E-state index contributed by atoms with van der Waals surface area (Å²) in [6.45, 7) is 6.54. The van der Waals surface area contributed by atoms with E-state index in [9.17, 15) is 4.79 Å². The largest absolute Gasteiger partial charge is 0.397 e. The van der Waals surface area contributed by atoms with E-state index in [0.29, 0.717) is 15.6 Å². The van der Waals surface area contributed by atoms with Gasteiger partial charge in [-0.2, -0.15) is 0 Å². The van der Waals surface area contributed by atoms with Crippen LogP contribution in [-0.2, 0) is 0 Å². The van der Waals surface area contributed by atoms with E-state index in [1.165, 1.54) is 11.3 Å². The average molecular weight is 324 g/mol. The van der Waals surface area contributed by atoms with Crippen molar-refractivity contribution in [2.75, 3.05) is 38.5 Å². The number of piperazine rings is 1. The number of hydrogen-bond donors (Lipinski definition) is 1. The highest BCUT2D eigenvalue weighted by molar-refractivity contribution is 7.21. The summed E-state index contributed by atoms with van der Waals surface area (Å²) in [5, 5.41) is 1.41. The van der Waals surface area contributed by atoms with Gasteiger partial charge in [0.05, 0.1) is 10.7 Å². The van der Waals surface area contributed by atoms with E-state index in [4.69, 9.17) is 17.3 Å². The number of nitrogens with two attached hydrogens (primary N) is 1. The Balaban J connectivity index is 1.89. The van der Waals surface area contributed by atoms with Crippen LogP contribution < -0.4 is 5.73 Å². The molecular formula is C15H18ClN3OS. The lowest BCUT2D eigenvalue weighted by Crippen LogP contribution is -2.48. The second-order valence-electron chi connectivity index (χ2n) is 5.18. The fourth-order valence-corrected chi connectivity index (χ4v) is 4.15. The predicted octanol–water partition coefficient (Wildman–Crippen LogP) is 2.91. The van der Waals surface area contributed by atoms with Crippen molar-refractivity contribution in [3.63, 3.8) is 0 Å². The van der Waals surface area contributed by atoms with E-state index in [1.54, 1.807) is 6.07 Å². The van der Waals surface area contributed by atoms with Gasteiger partial charge in [0, 0.05) is 36.3 Å². The molecule has 112 valence electrons. The molecule has 0 unspecified atom stereocenters. The fraction of sp³-hybridized carbons (Fsp3) is 0.400. The number of halogens is 1. The van der Waals surface area contributed by atoms with E-state index in [-0.39, 0.29) is 5.91 Å². The van der Waals surface area contributed by atoms with Crippen LogP contribution in [0.1, 0.15) is 16.6 Å². The molecule has 1 amide bonds. The summed E-state index contributed by atoms with van der Waals surface area (Å²) in [6.07, 6.45) is 0. The number of likely N-dealkylation sites (N-methyl/N-ethyl adjacent to an activating group) is 1. The molecule has 0 atom stereocenters. The number of rotatable bonds is 2. The van der Waals surface area contributed by atoms with E-state index < -0.39 is 0 Å². The number of hydrogen-bond acceptors (Lipinski definition) is 4. The lowest BCUT2D eigenvalue weighted by molar-refractivity contribution is 0.0649. The molecule has 2 heterocycles. The first-order valence-electron chi connectivity index (χ1n) is 7.10. The van der Waals surface area contributed by atoms with E-state index in [2.05, 4.69) is 11.8 Å². The minimum absolute atomic E-state index is 0.0283. The molecule has 1 saturated heterocycles. The molecule has 0 bridgehead atoms. The topological polar surface area (TPSA) is 49.6 Å². The molecule has 0 spiro atoms. The number of thiophene rings is 1. The predicted molar refractivity (Wildman–Crippen MR) is 89.3 cm³/mol. The zero-order valence-electron chi connectivity index (χ0n) is 11.9. The summed E-state index contributed by atoms with van der Waals surface area (Å²) in [7, 11) is 0. The van der Waals surface area contributed by atoms with Gasteiger partial charge in [0.2, 0.25) is 0 Å². The molecule has 1 aromatic carbocycles. The first-order valence-corrected chi connectivity index (χ1v) is 8.29. The Morgan fingerprint density at radius 1 is 1.33 bits per heavy atom. The Morgan fingerprint density at radius 2 is 2.05 bits per heavy atom. The summed E-state index contributed by atoms with van der Waals surface area (Å²) >= 11 is 7.63. The Bertz CT molecular complexity index is 677. The van der Waals surface area contributed by atoms with Crippen LogP contribution in [0.3, 0.4) is 0 Å². The lowest BCUT2D eigenvalue weighted by atomic mass is 10.2. The summed E-state index contributed by atoms with van der Waals surface area (Å²) in [4.78, 5) is 17.5. The van der Waals surface area contributed by atoms with Crippen LogP contribution in [0.5, 0.6) is 0 Å². The maximum atomic E-state index is 12.7. The van der Waals surface area contributed by atoms with Gasteiger partial charge in [-0.25, -0.2) is 0 Å². The van der Waals surface area contributed by atoms with Crippen molar-refractivity contribution in [3.8, 4) is 0 Å². The molecule has 3 rings (SSSR count). The van der Waals surface area contributed by atoms with Crippen molar-refractivity contribution in [1.29, 1.82) is 0 Å². The van der Waals surface area contributed by atoms with E-state index >= 15 is 0 Å². The van der Waals surface area contributed by atoms with Gasteiger partial charge in [0.25, 0.3) is 5.91 Å². The number of nitrogens with zero attached hydrogens (tertiary/aromatic N) is 2. The molecule has 1 aromatic heterocycles. The molecule has 1 aliphatic rings. The van der Waals surface area contributed by atoms with Crippen molar-refractivity contribution < 1.29 is 4.79 Å². The van der Waals surface area contributed by atoms with Gasteiger partial charge in [0.1, 0.15) is 4.88 Å². The van der Waals surface area contributed by atoms with Crippen LogP contribution in [0, 0.1) is 0 Å². The first kappa shape index (κ1) is 14.6. The molecule has 2 aromatic rings. The molecule has 21 heavy (non-hydrogen) atoms. The smallest absolute Gasteiger partial charge is 0.266 e. The Morgan fingerprint density at radius 3 is 2.67 bits per heavy atom. The maximum Gasteiger partial charge on any atom is 0.266 e. The molecule has 0 saturated carbocycles. The van der Waals surface area contributed by atoms with Crippen LogP contribution in [0.15, 0.2) is 18.2 Å². The Kier molecular flexibility index (Phi) is 4.06. The van der Waals surface area contributed by atoms with Gasteiger partial charge in [-0.3, -0.25) is 4.79 Å². The lowest BCUT2D eigenvalue weighted by Gasteiger charge is -2.33. The third-order valence-electron chi connectivity index (χ3n) is 4.00. The molecule has 1 fully saturated rings. The average Bonchev–Trinajstić information content (AvgIpc) is 2.85. The van der Waals surface area contributed by atoms with Crippen LogP contribution in [0.2, 0.25) is 5.02 Å². The van der Waals surface area contributed by atoms with Crippen molar-refractivity contribution in [1.82, 2.24) is 9.80 Å². The van der Waals surface area contributed by atoms with Gasteiger partial charge in [-0.15, -0.1) is 11.3 Å². The van der Waals surface area contributed by atoms with Gasteiger partial charge < -0.3 is 15.5 Å². The fourth-order valence-electron chi connectivity index (χ4n) is 2.70. The number of anilines is 1. The third-order valence-corrected chi connectivity index (χ3v) is 5.48. The molecular weight excluding hydrogens is 306 g/mol. The number of amides is 1. The Hall–Kier alpha value is -1.30. The summed E-state index contributed by atoms with van der Waals surface area (Å²) in [5.41, 5.74) is 6.69. The van der Waals surface area contributed by atoms with Crippen LogP contribution >= 0.6 is 22.9 Å². The molecule has 6 heteroatoms. The van der Waals surface area contributed by atoms with Crippen LogP contribution in [-0.4, -0.2) is 48.4 Å². The van der Waals surface area contributed by atoms with Crippen LogP contribution in [0.4, 0.5) is 5.69 Å². The highest BCUT2D eigenvalue weighted by Gasteiger charge is 2.25. The highest BCUT2D eigenvalue weighted by atomic mass is 35.5. The summed E-state index contributed by atoms with van der Waals surface area (Å²) < 4.78 is 0.968. The van der Waals surface area contributed by atoms with Crippen molar-refractivity contribution >= 4 is 44.6 Å². The minimum Gasteiger partial charge on any atom is -0.397 e. The molecule has 1 aliphatic heterocycles. The van der Waals surface area contributed by atoms with Gasteiger partial charge in [-0.1, -0.05) is 24.6 Å². The highest BCUT2D eigenvalue weighted by Crippen LogP contribution is 2.38. The molecule has 4 nitrogen and oxygen atoms in total. The standard InChI is InChI=1S/C15H18ClN3OS/c1-2-18-6-8-19(9-7-18)15(20)14-13(17)12-10(16)4-3-5-11(12)21-14/h3-5H,2,6-9,17H2,1H3. The van der Waals surface area contributed by atoms with Crippen molar-refractivity contribution in [2.45, 2.75) is 6.92 Å². The zero-order valence-corrected chi connectivity index (χ0v) is 13.5. The molecule has 0 radical (unpaired) electrons. The number of nitrogen functional groups attached to an aromatic ring is 1. The molecule has 2 N–H and O–H groups in total. The number of benzene rings is 1. The number of fused-ring (bicyclic) bond motifs is 1. The van der Waals surface area contributed by atoms with Gasteiger partial charge >= 0.3 is 0 Å². The monoisotopic (exact) mass is 323 g/mol. The molecule has 0 aliphatic carbocycles. The maximum absolute atomic E-state index is 12.7. The Labute approximate surface area is 133 Å². The second kappa shape index (κ2) is 5.83. The van der Waals surface area contributed by atoms with Crippen molar-refractivity contribution in [3.05, 3.63) is 28.1 Å². The second-order valence-corrected chi connectivity index (χ2v) is 6.64. The van der Waals surface area contributed by atoms with Crippen LogP contribution in [0.25, 0.3) is 10.1 Å². The SMILES string of the molecule is CCN1CCN(C(=O)c2sc3cccc(Cl)c3c2N)CC1. The van der Waals surface area contributed by atoms with Gasteiger partial charge in [0.15, 0.2) is 0 Å². The van der Waals surface area contributed by atoms with E-state index in [0.717, 1.165) is 42.8 Å². The first-order chi connectivity index (χ1) is 10.1. The summed E-state index contributed by atoms with van der Waals surface area (Å²) in [5.74, 6) is 0.0283. The quantitative estimate of drug-likeness (QED) is 0.924. The normalized spacial score (nSPS) is 16.6. The summed E-state index contributed by atoms with van der Waals surface area (Å²) in [6, 6.07) is 5.64. The minimum atomic E-state index is 0.0283. The van der Waals surface area contributed by atoms with E-state index in [1.807, 2.05) is 17.0 Å².